The van der Waals surface area contributed by atoms with E-state index in [4.69, 9.17) is 17.3 Å². The fourth-order valence-corrected chi connectivity index (χ4v) is 2.65. The van der Waals surface area contributed by atoms with Crippen molar-refractivity contribution in [1.82, 2.24) is 15.1 Å². The molecule has 0 spiro atoms. The lowest BCUT2D eigenvalue weighted by molar-refractivity contribution is -0.134. The third kappa shape index (κ3) is 4.61. The summed E-state index contributed by atoms with van der Waals surface area (Å²) in [4.78, 5) is 27.0. The number of halogens is 1. The first kappa shape index (κ1) is 16.6. The number of nitrogens with two attached hydrogens (primary N) is 1. The molecule has 7 heteroatoms. The molecule has 1 aromatic rings. The number of benzene rings is 1. The highest BCUT2D eigenvalue weighted by Gasteiger charge is 2.25. The number of piperazine rings is 1. The lowest BCUT2D eigenvalue weighted by Gasteiger charge is -2.36. The molecule has 22 heavy (non-hydrogen) atoms. The van der Waals surface area contributed by atoms with Gasteiger partial charge < -0.3 is 16.0 Å². The smallest absolute Gasteiger partial charge is 0.312 e. The third-order valence-corrected chi connectivity index (χ3v) is 3.98. The molecule has 1 unspecified atom stereocenters. The summed E-state index contributed by atoms with van der Waals surface area (Å²) < 4.78 is 0. The number of nitrogens with zero attached hydrogens (tertiary/aromatic N) is 2. The van der Waals surface area contributed by atoms with E-state index < -0.39 is 12.1 Å². The van der Waals surface area contributed by atoms with Crippen LogP contribution in [0.5, 0.6) is 0 Å². The van der Waals surface area contributed by atoms with Crippen LogP contribution in [0.1, 0.15) is 12.5 Å². The molecule has 1 atom stereocenters. The summed E-state index contributed by atoms with van der Waals surface area (Å²) >= 11 is 5.88. The monoisotopic (exact) mass is 324 g/mol. The second kappa shape index (κ2) is 7.47. The van der Waals surface area contributed by atoms with E-state index in [0.29, 0.717) is 13.1 Å². The number of primary amides is 1. The van der Waals surface area contributed by atoms with Crippen LogP contribution >= 0.6 is 11.6 Å². The van der Waals surface area contributed by atoms with Gasteiger partial charge in [0.15, 0.2) is 0 Å². The van der Waals surface area contributed by atoms with Crippen molar-refractivity contribution in [3.05, 3.63) is 34.9 Å². The van der Waals surface area contributed by atoms with E-state index in [-0.39, 0.29) is 5.91 Å². The molecule has 0 aromatic heterocycles. The van der Waals surface area contributed by atoms with Crippen molar-refractivity contribution in [3.8, 4) is 0 Å². The molecule has 1 heterocycles. The van der Waals surface area contributed by atoms with E-state index in [0.717, 1.165) is 24.7 Å². The maximum absolute atomic E-state index is 12.2. The van der Waals surface area contributed by atoms with Gasteiger partial charge in [0, 0.05) is 37.7 Å². The second-order valence-electron chi connectivity index (χ2n) is 5.46. The van der Waals surface area contributed by atoms with Crippen LogP contribution in [-0.4, -0.2) is 54.0 Å². The van der Waals surface area contributed by atoms with Gasteiger partial charge in [-0.25, -0.2) is 4.79 Å². The summed E-state index contributed by atoms with van der Waals surface area (Å²) in [5.74, 6) is -0.0926. The van der Waals surface area contributed by atoms with Crippen LogP contribution in [0.25, 0.3) is 0 Å². The molecule has 2 rings (SSSR count). The average Bonchev–Trinajstić information content (AvgIpc) is 2.49. The Morgan fingerprint density at radius 2 is 1.82 bits per heavy atom. The first-order valence-electron chi connectivity index (χ1n) is 7.27. The molecule has 0 saturated carbocycles. The standard InChI is InChI=1S/C15H21ClN4O2/c1-11(18-15(17)22)14(21)20-8-6-19(7-9-20)10-12-2-4-13(16)5-3-12/h2-5,11H,6-10H2,1H3,(H3,17,18,22). The molecule has 120 valence electrons. The molecule has 6 nitrogen and oxygen atoms in total. The molecule has 0 aliphatic carbocycles. The molecular formula is C15H21ClN4O2. The van der Waals surface area contributed by atoms with Gasteiger partial charge in [0.2, 0.25) is 5.91 Å². The highest BCUT2D eigenvalue weighted by Crippen LogP contribution is 2.13. The Balaban J connectivity index is 1.81. The van der Waals surface area contributed by atoms with Gasteiger partial charge in [-0.05, 0) is 24.6 Å². The van der Waals surface area contributed by atoms with Crippen LogP contribution in [0.15, 0.2) is 24.3 Å². The quantitative estimate of drug-likeness (QED) is 0.868. The SMILES string of the molecule is CC(NC(N)=O)C(=O)N1CCN(Cc2ccc(Cl)cc2)CC1. The molecular weight excluding hydrogens is 304 g/mol. The predicted octanol–water partition coefficient (Wildman–Crippen LogP) is 1.04. The molecule has 1 aliphatic heterocycles. The Labute approximate surface area is 135 Å². The Morgan fingerprint density at radius 1 is 1.23 bits per heavy atom. The van der Waals surface area contributed by atoms with Gasteiger partial charge in [0.05, 0.1) is 0 Å². The topological polar surface area (TPSA) is 78.7 Å². The van der Waals surface area contributed by atoms with Crippen LogP contribution in [0, 0.1) is 0 Å². The first-order chi connectivity index (χ1) is 10.5. The summed E-state index contributed by atoms with van der Waals surface area (Å²) in [7, 11) is 0. The van der Waals surface area contributed by atoms with E-state index >= 15 is 0 Å². The molecule has 3 N–H and O–H groups in total. The van der Waals surface area contributed by atoms with Crippen molar-refractivity contribution in [2.45, 2.75) is 19.5 Å². The second-order valence-corrected chi connectivity index (χ2v) is 5.89. The number of hydrogen-bond acceptors (Lipinski definition) is 3. The van der Waals surface area contributed by atoms with Gasteiger partial charge in [-0.1, -0.05) is 23.7 Å². The van der Waals surface area contributed by atoms with Crippen molar-refractivity contribution >= 4 is 23.5 Å². The zero-order chi connectivity index (χ0) is 16.1. The zero-order valence-electron chi connectivity index (χ0n) is 12.6. The number of carbonyl (C=O) groups excluding carboxylic acids is 2. The number of amides is 3. The Bertz CT molecular complexity index is 527. The summed E-state index contributed by atoms with van der Waals surface area (Å²) in [6.07, 6.45) is 0. The fraction of sp³-hybridized carbons (Fsp3) is 0.467. The minimum atomic E-state index is -0.678. The van der Waals surface area contributed by atoms with Crippen LogP contribution in [0.3, 0.4) is 0 Å². The van der Waals surface area contributed by atoms with E-state index in [1.165, 1.54) is 5.56 Å². The lowest BCUT2D eigenvalue weighted by atomic mass is 10.2. The minimum Gasteiger partial charge on any atom is -0.352 e. The number of rotatable bonds is 4. The number of nitrogens with one attached hydrogen (secondary N) is 1. The van der Waals surface area contributed by atoms with Crippen molar-refractivity contribution < 1.29 is 9.59 Å². The largest absolute Gasteiger partial charge is 0.352 e. The maximum Gasteiger partial charge on any atom is 0.312 e. The molecule has 1 saturated heterocycles. The van der Waals surface area contributed by atoms with Crippen molar-refractivity contribution in [2.24, 2.45) is 5.73 Å². The molecule has 3 amide bonds. The van der Waals surface area contributed by atoms with Crippen LogP contribution in [0.2, 0.25) is 5.02 Å². The van der Waals surface area contributed by atoms with Gasteiger partial charge in [-0.2, -0.15) is 0 Å². The van der Waals surface area contributed by atoms with Gasteiger partial charge in [0.1, 0.15) is 6.04 Å². The first-order valence-corrected chi connectivity index (χ1v) is 7.65. The highest BCUT2D eigenvalue weighted by molar-refractivity contribution is 6.30. The molecule has 0 bridgehead atoms. The van der Waals surface area contributed by atoms with Crippen molar-refractivity contribution in [3.63, 3.8) is 0 Å². The van der Waals surface area contributed by atoms with Gasteiger partial charge >= 0.3 is 6.03 Å². The average molecular weight is 325 g/mol. The molecule has 1 aromatic carbocycles. The van der Waals surface area contributed by atoms with Crippen LogP contribution in [-0.2, 0) is 11.3 Å². The predicted molar refractivity (Wildman–Crippen MR) is 85.5 cm³/mol. The zero-order valence-corrected chi connectivity index (χ0v) is 13.3. The Kier molecular flexibility index (Phi) is 5.63. The molecule has 1 fully saturated rings. The van der Waals surface area contributed by atoms with E-state index in [1.54, 1.807) is 11.8 Å². The third-order valence-electron chi connectivity index (χ3n) is 3.73. The molecule has 0 radical (unpaired) electrons. The summed E-state index contributed by atoms with van der Waals surface area (Å²) in [5, 5.41) is 3.15. The normalized spacial score (nSPS) is 17.1. The van der Waals surface area contributed by atoms with Crippen LogP contribution < -0.4 is 11.1 Å². The number of hydrogen-bond donors (Lipinski definition) is 2. The van der Waals surface area contributed by atoms with E-state index in [9.17, 15) is 9.59 Å². The Morgan fingerprint density at radius 3 is 2.36 bits per heavy atom. The van der Waals surface area contributed by atoms with Gasteiger partial charge in [0.25, 0.3) is 0 Å². The summed E-state index contributed by atoms with van der Waals surface area (Å²) in [6, 6.07) is 6.53. The number of urea groups is 1. The maximum atomic E-state index is 12.2. The summed E-state index contributed by atoms with van der Waals surface area (Å²) in [6.45, 7) is 5.39. The van der Waals surface area contributed by atoms with Crippen LogP contribution in [0.4, 0.5) is 4.79 Å². The van der Waals surface area contributed by atoms with E-state index in [1.807, 2.05) is 24.3 Å². The fourth-order valence-electron chi connectivity index (χ4n) is 2.52. The van der Waals surface area contributed by atoms with E-state index in [2.05, 4.69) is 10.2 Å². The van der Waals surface area contributed by atoms with Gasteiger partial charge in [-0.15, -0.1) is 0 Å². The Hall–Kier alpha value is -1.79. The van der Waals surface area contributed by atoms with Gasteiger partial charge in [-0.3, -0.25) is 9.69 Å². The van der Waals surface area contributed by atoms with Crippen molar-refractivity contribution in [2.75, 3.05) is 26.2 Å². The lowest BCUT2D eigenvalue weighted by Crippen LogP contribution is -2.54. The highest BCUT2D eigenvalue weighted by atomic mass is 35.5. The number of carbonyl (C=O) groups is 2. The molecule has 1 aliphatic rings. The minimum absolute atomic E-state index is 0.0926. The summed E-state index contributed by atoms with van der Waals surface area (Å²) in [5.41, 5.74) is 6.24. The van der Waals surface area contributed by atoms with Crippen molar-refractivity contribution in [1.29, 1.82) is 0 Å².